The molecule has 0 atom stereocenters. The normalized spacial score (nSPS) is 12.1. The van der Waals surface area contributed by atoms with Crippen LogP contribution < -0.4 is 0 Å². The van der Waals surface area contributed by atoms with Crippen molar-refractivity contribution in [2.75, 3.05) is 0 Å². The quantitative estimate of drug-likeness (QED) is 0.478. The number of hydrogen-bond donors (Lipinski definition) is 3. The highest BCUT2D eigenvalue weighted by Crippen LogP contribution is 2.39. The minimum absolute atomic E-state index is 0.107. The molecule has 0 fully saturated rings. The molecule has 0 spiro atoms. The van der Waals surface area contributed by atoms with Gasteiger partial charge in [-0.25, -0.2) is 0 Å². The molecule has 0 aromatic heterocycles. The van der Waals surface area contributed by atoms with Crippen molar-refractivity contribution in [2.45, 2.75) is 11.8 Å². The third-order valence-corrected chi connectivity index (χ3v) is 4.48. The molecule has 128 valence electrons. The van der Waals surface area contributed by atoms with Crippen LogP contribution in [0, 0.1) is 6.92 Å². The number of rotatable bonds is 3. The number of azo groups is 1. The first-order chi connectivity index (χ1) is 11.8. The second-order valence-corrected chi connectivity index (χ2v) is 6.85. The van der Waals surface area contributed by atoms with E-state index in [0.717, 1.165) is 11.5 Å². The molecule has 0 bridgehead atoms. The predicted molar refractivity (Wildman–Crippen MR) is 92.4 cm³/mol. The van der Waals surface area contributed by atoms with Gasteiger partial charge in [0.25, 0.3) is 10.1 Å². The summed E-state index contributed by atoms with van der Waals surface area (Å²) in [4.78, 5) is -0.649. The van der Waals surface area contributed by atoms with E-state index in [1.54, 1.807) is 25.1 Å². The summed E-state index contributed by atoms with van der Waals surface area (Å²) in [5, 5.41) is 29.4. The first kappa shape index (κ1) is 16.9. The van der Waals surface area contributed by atoms with Gasteiger partial charge in [0.1, 0.15) is 22.0 Å². The smallest absolute Gasteiger partial charge is 0.298 e. The number of nitrogens with zero attached hydrogens (tertiary/aromatic N) is 2. The Labute approximate surface area is 143 Å². The maximum atomic E-state index is 11.3. The number of aromatic hydroxyl groups is 2. The zero-order chi connectivity index (χ0) is 18.2. The standard InChI is InChI=1S/C17H14N2O5S/c1-10-8-13(17(21)15(9-10)25(22,23)24)18-19-16-12-5-3-2-4-11(12)6-7-14(16)20/h2-9,20-21H,1H3,(H,22,23,24). The van der Waals surface area contributed by atoms with E-state index in [1.165, 1.54) is 12.1 Å². The topological polar surface area (TPSA) is 120 Å². The molecule has 7 nitrogen and oxygen atoms in total. The van der Waals surface area contributed by atoms with Crippen molar-refractivity contribution in [3.05, 3.63) is 54.1 Å². The molecule has 0 unspecified atom stereocenters. The molecular formula is C17H14N2O5S. The van der Waals surface area contributed by atoms with E-state index in [2.05, 4.69) is 10.2 Å². The van der Waals surface area contributed by atoms with Gasteiger partial charge < -0.3 is 10.2 Å². The lowest BCUT2D eigenvalue weighted by atomic mass is 10.1. The van der Waals surface area contributed by atoms with Crippen LogP contribution in [0.4, 0.5) is 11.4 Å². The van der Waals surface area contributed by atoms with Crippen LogP contribution in [0.2, 0.25) is 0 Å². The molecular weight excluding hydrogens is 344 g/mol. The second-order valence-electron chi connectivity index (χ2n) is 5.46. The SMILES string of the molecule is Cc1cc(N=Nc2c(O)ccc3ccccc23)c(O)c(S(=O)(=O)O)c1. The van der Waals surface area contributed by atoms with Crippen LogP contribution in [-0.4, -0.2) is 23.2 Å². The zero-order valence-electron chi connectivity index (χ0n) is 13.1. The number of aryl methyl sites for hydroxylation is 1. The van der Waals surface area contributed by atoms with Crippen molar-refractivity contribution in [1.29, 1.82) is 0 Å². The van der Waals surface area contributed by atoms with Crippen LogP contribution in [0.3, 0.4) is 0 Å². The zero-order valence-corrected chi connectivity index (χ0v) is 13.9. The molecule has 0 aliphatic rings. The van der Waals surface area contributed by atoms with E-state index in [0.29, 0.717) is 10.9 Å². The van der Waals surface area contributed by atoms with E-state index in [9.17, 15) is 23.2 Å². The lowest BCUT2D eigenvalue weighted by Crippen LogP contribution is -1.99. The van der Waals surface area contributed by atoms with Crippen molar-refractivity contribution in [3.8, 4) is 11.5 Å². The summed E-state index contributed by atoms with van der Waals surface area (Å²) in [7, 11) is -4.61. The van der Waals surface area contributed by atoms with Crippen molar-refractivity contribution < 1.29 is 23.2 Å². The largest absolute Gasteiger partial charge is 0.506 e. The van der Waals surface area contributed by atoms with E-state index in [-0.39, 0.29) is 17.1 Å². The Balaban J connectivity index is 2.16. The Morgan fingerprint density at radius 1 is 0.960 bits per heavy atom. The molecule has 0 heterocycles. The monoisotopic (exact) mass is 358 g/mol. The second kappa shape index (κ2) is 6.15. The van der Waals surface area contributed by atoms with Crippen LogP contribution in [0.5, 0.6) is 11.5 Å². The summed E-state index contributed by atoms with van der Waals surface area (Å²) in [5.41, 5.74) is 0.508. The van der Waals surface area contributed by atoms with Gasteiger partial charge in [-0.05, 0) is 36.1 Å². The minimum atomic E-state index is -4.61. The average molecular weight is 358 g/mol. The van der Waals surface area contributed by atoms with Crippen molar-refractivity contribution in [2.24, 2.45) is 10.2 Å². The number of fused-ring (bicyclic) bond motifs is 1. The third kappa shape index (κ3) is 3.30. The molecule has 3 N–H and O–H groups in total. The van der Waals surface area contributed by atoms with Gasteiger partial charge in [0.2, 0.25) is 0 Å². The number of phenols is 2. The minimum Gasteiger partial charge on any atom is -0.506 e. The Morgan fingerprint density at radius 2 is 1.68 bits per heavy atom. The highest BCUT2D eigenvalue weighted by Gasteiger charge is 2.19. The van der Waals surface area contributed by atoms with Crippen LogP contribution in [0.15, 0.2) is 63.7 Å². The molecule has 3 aromatic rings. The highest BCUT2D eigenvalue weighted by molar-refractivity contribution is 7.86. The summed E-state index contributed by atoms with van der Waals surface area (Å²) in [6.45, 7) is 1.59. The first-order valence-electron chi connectivity index (χ1n) is 7.21. The summed E-state index contributed by atoms with van der Waals surface area (Å²) < 4.78 is 31.9. The van der Waals surface area contributed by atoms with Gasteiger partial charge in [0, 0.05) is 5.39 Å². The molecule has 25 heavy (non-hydrogen) atoms. The predicted octanol–water partition coefficient (Wildman–Crippen LogP) is 4.22. The van der Waals surface area contributed by atoms with Crippen LogP contribution in [-0.2, 0) is 10.1 Å². The Morgan fingerprint density at radius 3 is 2.40 bits per heavy atom. The fourth-order valence-electron chi connectivity index (χ4n) is 2.45. The first-order valence-corrected chi connectivity index (χ1v) is 8.65. The van der Waals surface area contributed by atoms with E-state index in [1.807, 2.05) is 12.1 Å². The van der Waals surface area contributed by atoms with Crippen LogP contribution in [0.25, 0.3) is 10.8 Å². The maximum absolute atomic E-state index is 11.3. The van der Waals surface area contributed by atoms with Crippen molar-refractivity contribution in [1.82, 2.24) is 0 Å². The third-order valence-electron chi connectivity index (χ3n) is 3.61. The van der Waals surface area contributed by atoms with E-state index in [4.69, 9.17) is 0 Å². The summed E-state index contributed by atoms with van der Waals surface area (Å²) >= 11 is 0. The molecule has 0 aliphatic carbocycles. The lowest BCUT2D eigenvalue weighted by molar-refractivity contribution is 0.443. The number of phenolic OH excluding ortho intramolecular Hbond substituents is 2. The Bertz CT molecular complexity index is 1110. The fraction of sp³-hybridized carbons (Fsp3) is 0.0588. The van der Waals surface area contributed by atoms with Gasteiger partial charge >= 0.3 is 0 Å². The maximum Gasteiger partial charge on any atom is 0.298 e. The summed E-state index contributed by atoms with van der Waals surface area (Å²) in [5.74, 6) is -0.818. The van der Waals surface area contributed by atoms with Crippen LogP contribution in [0.1, 0.15) is 5.56 Å². The van der Waals surface area contributed by atoms with E-state index >= 15 is 0 Å². The van der Waals surface area contributed by atoms with Gasteiger partial charge in [-0.1, -0.05) is 30.3 Å². The van der Waals surface area contributed by atoms with Crippen molar-refractivity contribution in [3.63, 3.8) is 0 Å². The Hall–Kier alpha value is -2.97. The molecule has 0 amide bonds. The fourth-order valence-corrected chi connectivity index (χ4v) is 3.14. The van der Waals surface area contributed by atoms with Gasteiger partial charge in [0.05, 0.1) is 0 Å². The van der Waals surface area contributed by atoms with Gasteiger partial charge in [-0.2, -0.15) is 8.42 Å². The Kier molecular flexibility index (Phi) is 4.15. The molecule has 8 heteroatoms. The van der Waals surface area contributed by atoms with Crippen molar-refractivity contribution >= 4 is 32.3 Å². The number of benzene rings is 3. The lowest BCUT2D eigenvalue weighted by Gasteiger charge is -2.06. The van der Waals surface area contributed by atoms with Gasteiger partial charge in [-0.15, -0.1) is 10.2 Å². The molecule has 0 saturated heterocycles. The molecule has 3 rings (SSSR count). The molecule has 3 aromatic carbocycles. The average Bonchev–Trinajstić information content (AvgIpc) is 2.55. The highest BCUT2D eigenvalue weighted by atomic mass is 32.2. The molecule has 0 aliphatic heterocycles. The number of hydrogen-bond acceptors (Lipinski definition) is 6. The molecule has 0 radical (unpaired) electrons. The molecule has 0 saturated carbocycles. The van der Waals surface area contributed by atoms with Crippen LogP contribution >= 0.6 is 0 Å². The van der Waals surface area contributed by atoms with Gasteiger partial charge in [-0.3, -0.25) is 4.55 Å². The van der Waals surface area contributed by atoms with Gasteiger partial charge in [0.15, 0.2) is 5.75 Å². The van der Waals surface area contributed by atoms with E-state index < -0.39 is 20.8 Å². The summed E-state index contributed by atoms with van der Waals surface area (Å²) in [6.07, 6.45) is 0. The summed E-state index contributed by atoms with van der Waals surface area (Å²) in [6, 6.07) is 12.9.